The normalized spacial score (nSPS) is 12.5. The minimum atomic E-state index is -0.699. The van der Waals surface area contributed by atoms with Gasteiger partial charge in [-0.2, -0.15) is 0 Å². The average molecular weight is 453 g/mol. The number of anilines is 2. The van der Waals surface area contributed by atoms with Gasteiger partial charge in [0.05, 0.1) is 7.11 Å². The molecule has 0 aliphatic heterocycles. The SMILES string of the molecule is CC[C@H](C)NC(=O)[C@H](Cc1ccccc1)NC(=O)c1csc(Nc2cccc(OC)c2)n1. The summed E-state index contributed by atoms with van der Waals surface area (Å²) in [6, 6.07) is 16.4. The molecule has 8 heteroatoms. The smallest absolute Gasteiger partial charge is 0.271 e. The van der Waals surface area contributed by atoms with Crippen molar-refractivity contribution < 1.29 is 14.3 Å². The van der Waals surface area contributed by atoms with Crippen LogP contribution in [0.4, 0.5) is 10.8 Å². The van der Waals surface area contributed by atoms with E-state index in [1.807, 2.05) is 68.4 Å². The Hall–Kier alpha value is -3.39. The molecular formula is C24H28N4O3S. The van der Waals surface area contributed by atoms with Crippen LogP contribution in [0.2, 0.25) is 0 Å². The second-order valence-electron chi connectivity index (χ2n) is 7.43. The Labute approximate surface area is 192 Å². The van der Waals surface area contributed by atoms with Crippen molar-refractivity contribution in [1.29, 1.82) is 0 Å². The van der Waals surface area contributed by atoms with Gasteiger partial charge in [-0.1, -0.05) is 43.3 Å². The van der Waals surface area contributed by atoms with Gasteiger partial charge in [0.2, 0.25) is 5.91 Å². The summed E-state index contributed by atoms with van der Waals surface area (Å²) in [6.45, 7) is 3.94. The molecule has 0 bridgehead atoms. The number of nitrogens with one attached hydrogen (secondary N) is 3. The van der Waals surface area contributed by atoms with E-state index in [1.54, 1.807) is 12.5 Å². The van der Waals surface area contributed by atoms with Gasteiger partial charge in [0, 0.05) is 29.6 Å². The van der Waals surface area contributed by atoms with E-state index >= 15 is 0 Å². The van der Waals surface area contributed by atoms with Crippen LogP contribution >= 0.6 is 11.3 Å². The van der Waals surface area contributed by atoms with Gasteiger partial charge in [-0.05, 0) is 31.0 Å². The highest BCUT2D eigenvalue weighted by molar-refractivity contribution is 7.14. The number of rotatable bonds is 10. The molecule has 0 spiro atoms. The lowest BCUT2D eigenvalue weighted by molar-refractivity contribution is -0.123. The summed E-state index contributed by atoms with van der Waals surface area (Å²) in [6.07, 6.45) is 1.21. The molecule has 3 rings (SSSR count). The van der Waals surface area contributed by atoms with Crippen molar-refractivity contribution in [1.82, 2.24) is 15.6 Å². The zero-order valence-electron chi connectivity index (χ0n) is 18.4. The summed E-state index contributed by atoms with van der Waals surface area (Å²) in [4.78, 5) is 30.1. The van der Waals surface area contributed by atoms with Gasteiger partial charge >= 0.3 is 0 Å². The first kappa shape index (κ1) is 23.3. The Bertz CT molecular complexity index is 1040. The molecule has 2 amide bonds. The Morgan fingerprint density at radius 2 is 1.88 bits per heavy atom. The number of hydrogen-bond donors (Lipinski definition) is 3. The molecule has 0 fully saturated rings. The van der Waals surface area contributed by atoms with Crippen LogP contribution in [0.1, 0.15) is 36.3 Å². The minimum absolute atomic E-state index is 0.0237. The summed E-state index contributed by atoms with van der Waals surface area (Å²) in [7, 11) is 1.61. The molecule has 32 heavy (non-hydrogen) atoms. The summed E-state index contributed by atoms with van der Waals surface area (Å²) >= 11 is 1.32. The summed E-state index contributed by atoms with van der Waals surface area (Å²) < 4.78 is 5.23. The number of carbonyl (C=O) groups is 2. The van der Waals surface area contributed by atoms with Crippen LogP contribution in [0.15, 0.2) is 60.0 Å². The van der Waals surface area contributed by atoms with E-state index in [0.717, 1.165) is 23.4 Å². The van der Waals surface area contributed by atoms with Crippen LogP contribution in [0.25, 0.3) is 0 Å². The number of amides is 2. The first-order valence-electron chi connectivity index (χ1n) is 10.5. The molecule has 2 aromatic carbocycles. The van der Waals surface area contributed by atoms with E-state index in [2.05, 4.69) is 20.9 Å². The average Bonchev–Trinajstić information content (AvgIpc) is 3.27. The van der Waals surface area contributed by atoms with Crippen LogP contribution in [-0.2, 0) is 11.2 Å². The van der Waals surface area contributed by atoms with Crippen molar-refractivity contribution in [3.63, 3.8) is 0 Å². The lowest BCUT2D eigenvalue weighted by Crippen LogP contribution is -2.50. The third-order valence-electron chi connectivity index (χ3n) is 4.96. The van der Waals surface area contributed by atoms with Gasteiger partial charge in [0.1, 0.15) is 17.5 Å². The van der Waals surface area contributed by atoms with Crippen molar-refractivity contribution in [2.24, 2.45) is 0 Å². The standard InChI is InChI=1S/C24H28N4O3S/c1-4-16(2)25-22(29)20(13-17-9-6-5-7-10-17)27-23(30)21-15-32-24(28-21)26-18-11-8-12-19(14-18)31-3/h5-12,14-16,20H,4,13H2,1-3H3,(H,25,29)(H,26,28)(H,27,30)/t16-,20-/m0/s1. The fraction of sp³-hybridized carbons (Fsp3) is 0.292. The lowest BCUT2D eigenvalue weighted by atomic mass is 10.0. The van der Waals surface area contributed by atoms with E-state index in [0.29, 0.717) is 11.6 Å². The molecule has 1 heterocycles. The predicted molar refractivity (Wildman–Crippen MR) is 128 cm³/mol. The predicted octanol–water partition coefficient (Wildman–Crippen LogP) is 4.15. The first-order valence-corrected chi connectivity index (χ1v) is 11.4. The fourth-order valence-electron chi connectivity index (χ4n) is 3.00. The van der Waals surface area contributed by atoms with Crippen LogP contribution in [0, 0.1) is 0 Å². The van der Waals surface area contributed by atoms with E-state index in [9.17, 15) is 9.59 Å². The highest BCUT2D eigenvalue weighted by Crippen LogP contribution is 2.24. The maximum absolute atomic E-state index is 12.9. The first-order chi connectivity index (χ1) is 15.5. The van der Waals surface area contributed by atoms with Crippen molar-refractivity contribution >= 4 is 34.0 Å². The monoisotopic (exact) mass is 452 g/mol. The van der Waals surface area contributed by atoms with Crippen LogP contribution in [-0.4, -0.2) is 36.0 Å². The Kier molecular flexibility index (Phi) is 8.21. The van der Waals surface area contributed by atoms with Crippen LogP contribution in [0.3, 0.4) is 0 Å². The number of benzene rings is 2. The lowest BCUT2D eigenvalue weighted by Gasteiger charge is -2.20. The molecule has 168 valence electrons. The fourth-order valence-corrected chi connectivity index (χ4v) is 3.71. The van der Waals surface area contributed by atoms with Crippen LogP contribution < -0.4 is 20.7 Å². The number of ether oxygens (including phenoxy) is 1. The number of methoxy groups -OCH3 is 1. The largest absolute Gasteiger partial charge is 0.497 e. The maximum Gasteiger partial charge on any atom is 0.271 e. The summed E-state index contributed by atoms with van der Waals surface area (Å²) in [5.41, 5.74) is 2.03. The molecule has 7 nitrogen and oxygen atoms in total. The molecule has 0 aliphatic carbocycles. The molecule has 3 N–H and O–H groups in total. The van der Waals surface area contributed by atoms with Gasteiger partial charge in [-0.15, -0.1) is 11.3 Å². The van der Waals surface area contributed by atoms with Gasteiger partial charge in [-0.25, -0.2) is 4.98 Å². The molecule has 1 aromatic heterocycles. The van der Waals surface area contributed by atoms with E-state index in [1.165, 1.54) is 11.3 Å². The van der Waals surface area contributed by atoms with Gasteiger partial charge in [0.15, 0.2) is 5.13 Å². The van der Waals surface area contributed by atoms with E-state index < -0.39 is 6.04 Å². The number of nitrogens with zero attached hydrogens (tertiary/aromatic N) is 1. The molecule has 3 aromatic rings. The Balaban J connectivity index is 1.70. The number of hydrogen-bond acceptors (Lipinski definition) is 6. The third kappa shape index (κ3) is 6.55. The van der Waals surface area contributed by atoms with Gasteiger partial charge in [0.25, 0.3) is 5.91 Å². The quantitative estimate of drug-likeness (QED) is 0.430. The van der Waals surface area contributed by atoms with Crippen molar-refractivity contribution in [3.05, 3.63) is 71.2 Å². The Morgan fingerprint density at radius 1 is 1.09 bits per heavy atom. The van der Waals surface area contributed by atoms with Crippen molar-refractivity contribution in [3.8, 4) is 5.75 Å². The van der Waals surface area contributed by atoms with Crippen molar-refractivity contribution in [2.45, 2.75) is 38.8 Å². The zero-order valence-corrected chi connectivity index (χ0v) is 19.2. The zero-order chi connectivity index (χ0) is 22.9. The number of carbonyl (C=O) groups excluding carboxylic acids is 2. The summed E-state index contributed by atoms with van der Waals surface area (Å²) in [5.74, 6) is 0.127. The second-order valence-corrected chi connectivity index (χ2v) is 8.29. The molecule has 0 aliphatic rings. The van der Waals surface area contributed by atoms with Crippen LogP contribution in [0.5, 0.6) is 5.75 Å². The topological polar surface area (TPSA) is 92.4 Å². The van der Waals surface area contributed by atoms with Gasteiger partial charge < -0.3 is 20.7 Å². The van der Waals surface area contributed by atoms with E-state index in [-0.39, 0.29) is 23.6 Å². The van der Waals surface area contributed by atoms with E-state index in [4.69, 9.17) is 4.74 Å². The molecule has 0 saturated carbocycles. The molecular weight excluding hydrogens is 424 g/mol. The third-order valence-corrected chi connectivity index (χ3v) is 5.72. The van der Waals surface area contributed by atoms with Crippen molar-refractivity contribution in [2.75, 3.05) is 12.4 Å². The number of aromatic nitrogens is 1. The molecule has 0 unspecified atom stereocenters. The summed E-state index contributed by atoms with van der Waals surface area (Å²) in [5, 5.41) is 11.2. The number of thiazole rings is 1. The minimum Gasteiger partial charge on any atom is -0.497 e. The molecule has 0 radical (unpaired) electrons. The second kappa shape index (κ2) is 11.3. The highest BCUT2D eigenvalue weighted by Gasteiger charge is 2.24. The van der Waals surface area contributed by atoms with Gasteiger partial charge in [-0.3, -0.25) is 9.59 Å². The maximum atomic E-state index is 12.9. The molecule has 2 atom stereocenters. The molecule has 0 saturated heterocycles. The Morgan fingerprint density at radius 3 is 2.59 bits per heavy atom. The highest BCUT2D eigenvalue weighted by atomic mass is 32.1.